The molecule has 6 heterocycles. The van der Waals surface area contributed by atoms with E-state index in [0.29, 0.717) is 0 Å². The number of rotatable bonds is 0. The Labute approximate surface area is 396 Å². The molecule has 0 aliphatic heterocycles. The zero-order chi connectivity index (χ0) is 51.0. The molecule has 11 heteroatoms. The average molecular weight is 896 g/mol. The molecule has 0 saturated heterocycles. The summed E-state index contributed by atoms with van der Waals surface area (Å²) >= 11 is 0. The van der Waals surface area contributed by atoms with Gasteiger partial charge in [-0.1, -0.05) is 9.67 Å². The second kappa shape index (κ2) is 23.8. The normalized spacial score (nSPS) is 10.4. The van der Waals surface area contributed by atoms with Gasteiger partial charge in [-0.3, -0.25) is 0 Å². The van der Waals surface area contributed by atoms with E-state index >= 15 is 0 Å². The van der Waals surface area contributed by atoms with Crippen molar-refractivity contribution in [2.75, 3.05) is 0 Å². The highest BCUT2D eigenvalue weighted by molar-refractivity contribution is 5.33. The SMILES string of the molecule is Cc1c(C)[n+](C)c(C)n1C.Cc1c(C)c(C)[n+](C)c(C)c1C.Cc1c(C)n(C)[n+](C)c1C.Cc1n[n+](C)c(C)c(C)c1C.Cc1nc(C)[n+](C)c(C)c1C.Cc1nc(C)c(C)[n+](C)c1C. The van der Waals surface area contributed by atoms with E-state index in [-0.39, 0.29) is 0 Å². The van der Waals surface area contributed by atoms with Gasteiger partial charge in [0.15, 0.2) is 42.6 Å². The Morgan fingerprint density at radius 2 is 0.738 bits per heavy atom. The first-order chi connectivity index (χ1) is 29.7. The summed E-state index contributed by atoms with van der Waals surface area (Å²) in [5, 5.41) is 4.35. The van der Waals surface area contributed by atoms with Crippen LogP contribution in [-0.4, -0.2) is 24.3 Å². The second-order valence-electron chi connectivity index (χ2n) is 18.4. The minimum absolute atomic E-state index is 1.07. The quantitative estimate of drug-likeness (QED) is 0.154. The Morgan fingerprint density at radius 3 is 1.08 bits per heavy atom. The van der Waals surface area contributed by atoms with Crippen LogP contribution in [0.2, 0.25) is 0 Å². The van der Waals surface area contributed by atoms with Crippen LogP contribution in [0.25, 0.3) is 0 Å². The van der Waals surface area contributed by atoms with Crippen LogP contribution in [0.15, 0.2) is 0 Å². The number of hydrogen-bond donors (Lipinski definition) is 0. The fraction of sp³-hybridized carbons (Fsp3) is 0.574. The van der Waals surface area contributed by atoms with Crippen molar-refractivity contribution in [2.24, 2.45) is 56.4 Å². The van der Waals surface area contributed by atoms with Gasteiger partial charge < -0.3 is 0 Å². The third-order valence-electron chi connectivity index (χ3n) is 15.4. The Hall–Kier alpha value is -5.19. The molecule has 0 unspecified atom stereocenters. The van der Waals surface area contributed by atoms with Gasteiger partial charge in [-0.25, -0.2) is 23.3 Å². The van der Waals surface area contributed by atoms with Crippen molar-refractivity contribution in [2.45, 2.75) is 159 Å². The molecule has 6 rings (SSSR count). The second-order valence-corrected chi connectivity index (χ2v) is 18.4. The summed E-state index contributed by atoms with van der Waals surface area (Å²) in [5.41, 5.74) is 27.3. The van der Waals surface area contributed by atoms with Crippen molar-refractivity contribution in [1.82, 2.24) is 24.3 Å². The molecule has 0 N–H and O–H groups in total. The van der Waals surface area contributed by atoms with Gasteiger partial charge in [-0.2, -0.15) is 9.25 Å². The van der Waals surface area contributed by atoms with Crippen LogP contribution in [0.5, 0.6) is 0 Å². The third-order valence-corrected chi connectivity index (χ3v) is 15.4. The Bertz CT molecular complexity index is 2110. The lowest BCUT2D eigenvalue weighted by Crippen LogP contribution is -2.39. The van der Waals surface area contributed by atoms with Gasteiger partial charge >= 0.3 is 0 Å². The van der Waals surface area contributed by atoms with E-state index < -0.39 is 0 Å². The van der Waals surface area contributed by atoms with E-state index in [1.165, 1.54) is 102 Å². The summed E-state index contributed by atoms with van der Waals surface area (Å²) in [6.07, 6.45) is 0. The molecule has 0 atom stereocenters. The number of imidazole rings is 1. The van der Waals surface area contributed by atoms with E-state index in [4.69, 9.17) is 0 Å². The van der Waals surface area contributed by atoms with E-state index in [2.05, 4.69) is 221 Å². The molecule has 358 valence electrons. The molecule has 0 bridgehead atoms. The molecule has 6 aromatic rings. The van der Waals surface area contributed by atoms with E-state index in [1.807, 2.05) is 46.5 Å². The zero-order valence-electron chi connectivity index (χ0n) is 47.4. The summed E-state index contributed by atoms with van der Waals surface area (Å²) in [6.45, 7) is 48.7. The van der Waals surface area contributed by atoms with Crippen LogP contribution in [0.1, 0.15) is 130 Å². The maximum atomic E-state index is 4.41. The topological polar surface area (TPSA) is 71.8 Å². The minimum atomic E-state index is 1.07. The Kier molecular flexibility index (Phi) is 21.2. The number of pyridine rings is 1. The van der Waals surface area contributed by atoms with Gasteiger partial charge in [-0.05, 0) is 99.3 Å². The smallest absolute Gasteiger partial charge is 0.245 e. The predicted molar refractivity (Wildman–Crippen MR) is 266 cm³/mol. The standard InChI is InChI=1S/C11H18N.3C9H15N2.2C8H15N2/c1-7-8(2)10(4)12(6)11(5)9(7)3;1-6-8(3)11(5)9(4)7(2)10-6;1-6-7(2)10-9(4)11(5)8(6)3;1-6-7(2)9(4)11(5)10-8(6)3;1-6-7(2)10(5)8(3)9(6)4;1-6-7(2)9(4)10(5)8(6)3/h1-6H3;3*1-5H3;2*1-5H3/q6*+1. The van der Waals surface area contributed by atoms with E-state index in [9.17, 15) is 0 Å². The fourth-order valence-electron chi connectivity index (χ4n) is 7.44. The molecule has 0 aliphatic carbocycles. The summed E-state index contributed by atoms with van der Waals surface area (Å²) in [4.78, 5) is 8.81. The Morgan fingerprint density at radius 1 is 0.323 bits per heavy atom. The lowest BCUT2D eigenvalue weighted by molar-refractivity contribution is -0.756. The molecule has 0 radical (unpaired) electrons. The highest BCUT2D eigenvalue weighted by Gasteiger charge is 2.18. The Balaban J connectivity index is 0.000000390. The lowest BCUT2D eigenvalue weighted by atomic mass is 10.0. The number of aryl methyl sites for hydroxylation is 6. The van der Waals surface area contributed by atoms with Crippen LogP contribution in [0, 0.1) is 159 Å². The van der Waals surface area contributed by atoms with Crippen LogP contribution in [-0.2, 0) is 56.4 Å². The van der Waals surface area contributed by atoms with Crippen LogP contribution in [0.4, 0.5) is 0 Å². The zero-order valence-corrected chi connectivity index (χ0v) is 47.4. The highest BCUT2D eigenvalue weighted by atomic mass is 15.4. The molecule has 0 spiro atoms. The van der Waals surface area contributed by atoms with Gasteiger partial charge in [0.25, 0.3) is 11.6 Å². The molecule has 0 aromatic carbocycles. The monoisotopic (exact) mass is 896 g/mol. The molecule has 11 nitrogen and oxygen atoms in total. The van der Waals surface area contributed by atoms with E-state index in [1.54, 1.807) is 0 Å². The highest BCUT2D eigenvalue weighted by Crippen LogP contribution is 2.15. The van der Waals surface area contributed by atoms with Gasteiger partial charge in [0, 0.05) is 104 Å². The first kappa shape index (κ1) is 57.8. The maximum Gasteiger partial charge on any atom is 0.295 e. The van der Waals surface area contributed by atoms with Gasteiger partial charge in [-0.15, -0.1) is 4.68 Å². The maximum absolute atomic E-state index is 4.41. The van der Waals surface area contributed by atoms with Crippen molar-refractivity contribution in [3.63, 3.8) is 0 Å². The van der Waals surface area contributed by atoms with Crippen LogP contribution >= 0.6 is 0 Å². The summed E-state index contributed by atoms with van der Waals surface area (Å²) in [5.74, 6) is 2.38. The molecule has 0 fully saturated rings. The van der Waals surface area contributed by atoms with Crippen molar-refractivity contribution in [3.05, 3.63) is 130 Å². The van der Waals surface area contributed by atoms with Crippen molar-refractivity contribution >= 4 is 0 Å². The number of hydrogen-bond acceptors (Lipinski definition) is 3. The minimum Gasteiger partial charge on any atom is -0.245 e. The summed E-state index contributed by atoms with van der Waals surface area (Å²) in [6, 6.07) is 0. The van der Waals surface area contributed by atoms with Crippen molar-refractivity contribution < 1.29 is 27.6 Å². The first-order valence-corrected chi connectivity index (χ1v) is 23.0. The van der Waals surface area contributed by atoms with E-state index in [0.717, 1.165) is 28.6 Å². The summed E-state index contributed by atoms with van der Waals surface area (Å²) < 4.78 is 17.2. The largest absolute Gasteiger partial charge is 0.295 e. The third kappa shape index (κ3) is 13.4. The lowest BCUT2D eigenvalue weighted by Gasteiger charge is -2.09. The van der Waals surface area contributed by atoms with Gasteiger partial charge in [0.05, 0.1) is 33.9 Å². The molecule has 0 amide bonds. The van der Waals surface area contributed by atoms with Gasteiger partial charge in [0.1, 0.15) is 48.3 Å². The molecule has 0 aliphatic rings. The number of nitrogens with zero attached hydrogens (tertiary/aromatic N) is 11. The predicted octanol–water partition coefficient (Wildman–Crippen LogP) is 7.02. The van der Waals surface area contributed by atoms with Crippen molar-refractivity contribution in [3.8, 4) is 0 Å². The summed E-state index contributed by atoms with van der Waals surface area (Å²) in [7, 11) is 16.6. The molecular weight excluding hydrogens is 803 g/mol. The van der Waals surface area contributed by atoms with Gasteiger partial charge in [0.2, 0.25) is 11.4 Å². The molecule has 6 aromatic heterocycles. The van der Waals surface area contributed by atoms with Crippen LogP contribution < -0.4 is 27.6 Å². The average Bonchev–Trinajstić information content (AvgIpc) is 3.55. The molecule has 65 heavy (non-hydrogen) atoms. The van der Waals surface area contributed by atoms with Crippen molar-refractivity contribution in [1.29, 1.82) is 0 Å². The fourth-order valence-corrected chi connectivity index (χ4v) is 7.44. The number of aromatic nitrogens is 11. The van der Waals surface area contributed by atoms with Crippen LogP contribution in [0.3, 0.4) is 0 Å². The molecular formula is C54H93N11+6. The first-order valence-electron chi connectivity index (χ1n) is 23.0. The molecule has 0 saturated carbocycles.